The van der Waals surface area contributed by atoms with E-state index in [9.17, 15) is 38.4 Å². The number of amides is 1. The lowest BCUT2D eigenvalue weighted by Gasteiger charge is -2.44. The number of aliphatic carboxylic acids is 1. The Kier molecular flexibility index (Phi) is 9.55. The summed E-state index contributed by atoms with van der Waals surface area (Å²) in [7, 11) is 0. The van der Waals surface area contributed by atoms with Crippen LogP contribution in [0.3, 0.4) is 0 Å². The van der Waals surface area contributed by atoms with Crippen molar-refractivity contribution in [2.24, 2.45) is 5.92 Å². The Hall–Kier alpha value is -1.16. The molecule has 2 heterocycles. The lowest BCUT2D eigenvalue weighted by Crippen LogP contribution is -2.65. The van der Waals surface area contributed by atoms with Crippen molar-refractivity contribution in [3.63, 3.8) is 0 Å². The fourth-order valence-electron chi connectivity index (χ4n) is 3.71. The molecule has 0 aromatic rings. The van der Waals surface area contributed by atoms with Crippen LogP contribution in [0.25, 0.3) is 0 Å². The van der Waals surface area contributed by atoms with Gasteiger partial charge in [-0.2, -0.15) is 13.2 Å². The highest BCUT2D eigenvalue weighted by molar-refractivity contribution is 7.99. The Morgan fingerprint density at radius 2 is 1.88 bits per heavy atom. The van der Waals surface area contributed by atoms with Crippen molar-refractivity contribution in [3.8, 4) is 0 Å². The highest BCUT2D eigenvalue weighted by Crippen LogP contribution is 2.30. The number of likely N-dealkylation sites (tertiary alicyclic amines) is 1. The van der Waals surface area contributed by atoms with Crippen molar-refractivity contribution in [1.29, 1.82) is 0 Å². The molecule has 2 saturated heterocycles. The molecular formula is C20H35F3N2O8S. The Morgan fingerprint density at radius 1 is 1.29 bits per heavy atom. The predicted octanol–water partition coefficient (Wildman–Crippen LogP) is -0.224. The van der Waals surface area contributed by atoms with Crippen LogP contribution in [0, 0.1) is 5.92 Å². The van der Waals surface area contributed by atoms with Crippen LogP contribution in [-0.4, -0.2) is 116 Å². The largest absolute Gasteiger partial charge is 0.490 e. The van der Waals surface area contributed by atoms with E-state index in [1.807, 2.05) is 6.92 Å². The van der Waals surface area contributed by atoms with Gasteiger partial charge in [0.2, 0.25) is 5.91 Å². The number of carboxylic acids is 1. The quantitative estimate of drug-likeness (QED) is 0.245. The van der Waals surface area contributed by atoms with Gasteiger partial charge in [0.15, 0.2) is 0 Å². The third kappa shape index (κ3) is 8.21. The number of carbonyl (C=O) groups excluding carboxylic acids is 1. The van der Waals surface area contributed by atoms with Gasteiger partial charge < -0.3 is 35.6 Å². The van der Waals surface area contributed by atoms with Crippen LogP contribution in [-0.2, 0) is 14.3 Å². The number of likely N-dealkylation sites (N-methyl/N-ethyl adjacent to an activating group) is 1. The van der Waals surface area contributed by atoms with E-state index in [4.69, 9.17) is 20.1 Å². The van der Waals surface area contributed by atoms with Crippen LogP contribution in [0.1, 0.15) is 38.6 Å². The van der Waals surface area contributed by atoms with Crippen LogP contribution in [0.4, 0.5) is 13.2 Å². The topological polar surface area (TPSA) is 160 Å². The van der Waals surface area contributed by atoms with Gasteiger partial charge in [-0.15, -0.1) is 11.8 Å². The van der Waals surface area contributed by atoms with E-state index in [1.165, 1.54) is 6.92 Å². The molecule has 0 saturated carbocycles. The summed E-state index contributed by atoms with van der Waals surface area (Å²) in [6.07, 6.45) is -9.08. The van der Waals surface area contributed by atoms with Gasteiger partial charge in [0.1, 0.15) is 29.9 Å². The summed E-state index contributed by atoms with van der Waals surface area (Å²) in [5.41, 5.74) is -0.911. The Labute approximate surface area is 206 Å². The maximum Gasteiger partial charge on any atom is 0.490 e. The molecule has 0 aromatic heterocycles. The van der Waals surface area contributed by atoms with Crippen LogP contribution >= 0.6 is 11.8 Å². The molecule has 34 heavy (non-hydrogen) atoms. The first-order valence-corrected chi connectivity index (χ1v) is 11.8. The fourth-order valence-corrected chi connectivity index (χ4v) is 4.39. The number of nitrogens with one attached hydrogen (secondary N) is 1. The van der Waals surface area contributed by atoms with Crippen LogP contribution in [0.2, 0.25) is 0 Å². The predicted molar refractivity (Wildman–Crippen MR) is 117 cm³/mol. The van der Waals surface area contributed by atoms with Crippen molar-refractivity contribution in [2.45, 2.75) is 87.3 Å². The van der Waals surface area contributed by atoms with Gasteiger partial charge in [-0.1, -0.05) is 13.3 Å². The number of hydrogen-bond acceptors (Lipinski definition) is 9. The zero-order valence-corrected chi connectivity index (χ0v) is 19.7. The van der Waals surface area contributed by atoms with Gasteiger partial charge >= 0.3 is 12.1 Å². The van der Waals surface area contributed by atoms with Crippen molar-refractivity contribution < 1.29 is 58.5 Å². The van der Waals surface area contributed by atoms with Crippen molar-refractivity contribution in [2.75, 3.05) is 19.8 Å². The van der Waals surface area contributed by atoms with Crippen LogP contribution < -0.4 is 5.32 Å². The van der Waals surface area contributed by atoms with Gasteiger partial charge in [-0.3, -0.25) is 9.69 Å². The molecule has 0 bridgehead atoms. The Bertz CT molecular complexity index is 811. The van der Waals surface area contributed by atoms with E-state index < -0.39 is 73.0 Å². The molecule has 6 N–H and O–H groups in total. The number of aliphatic hydroxyl groups is 4. The maximum absolute atomic E-state index is 13.2. The zero-order chi connectivity index (χ0) is 29.8. The van der Waals surface area contributed by atoms with Crippen LogP contribution in [0.5, 0.6) is 0 Å². The number of nitrogens with zero attached hydrogens (tertiary/aromatic N) is 1. The number of ether oxygens (including phenoxy) is 1. The minimum absolute atomic E-state index is 0.0143. The summed E-state index contributed by atoms with van der Waals surface area (Å²) < 4.78 is 69.4. The minimum atomic E-state index is -5.08. The molecule has 0 aromatic carbocycles. The number of rotatable bonds is 7. The van der Waals surface area contributed by atoms with E-state index in [0.717, 1.165) is 23.1 Å². The highest BCUT2D eigenvalue weighted by Gasteiger charge is 2.48. The second-order valence-electron chi connectivity index (χ2n) is 8.14. The van der Waals surface area contributed by atoms with Gasteiger partial charge in [0, 0.05) is 10.7 Å². The smallest absolute Gasteiger partial charge is 0.475 e. The molecule has 200 valence electrons. The van der Waals surface area contributed by atoms with Gasteiger partial charge in [-0.25, -0.2) is 4.79 Å². The van der Waals surface area contributed by atoms with Gasteiger partial charge in [0.05, 0.1) is 19.5 Å². The zero-order valence-electron chi connectivity index (χ0n) is 22.9. The summed E-state index contributed by atoms with van der Waals surface area (Å²) >= 11 is 1.09. The number of carbonyl (C=O) groups is 2. The number of carboxylic acid groups (broad SMARTS) is 1. The molecule has 0 radical (unpaired) electrons. The van der Waals surface area contributed by atoms with Crippen molar-refractivity contribution in [1.82, 2.24) is 10.2 Å². The summed E-state index contributed by atoms with van der Waals surface area (Å²) in [5.74, 6) is -3.83. The second kappa shape index (κ2) is 13.2. The van der Waals surface area contributed by atoms with E-state index in [2.05, 4.69) is 5.32 Å². The molecule has 9 atom stereocenters. The summed E-state index contributed by atoms with van der Waals surface area (Å²) in [6, 6.07) is -3.33. The van der Waals surface area contributed by atoms with E-state index in [1.54, 1.807) is 6.26 Å². The number of alkyl halides is 3. The number of halogens is 3. The molecule has 0 unspecified atom stereocenters. The van der Waals surface area contributed by atoms with E-state index in [-0.39, 0.29) is 18.9 Å². The first-order chi connectivity index (χ1) is 17.2. The molecule has 0 spiro atoms. The first-order valence-electron chi connectivity index (χ1n) is 12.5. The number of aliphatic hydroxyl groups excluding tert-OH is 4. The van der Waals surface area contributed by atoms with Gasteiger partial charge in [-0.05, 0) is 38.9 Å². The SMILES string of the molecule is O=C(O)C(F)(F)F.[2H][C@@]1(C(=O)N[C@@H]([C@H]2O[C@H](SC)[C@H](O)[C@@H](O)[C@H]2O)[C@@H](C)O)C[C@@H](CCC)CN1[13C]([2H])([2H])[2H]. The molecule has 2 rings (SSSR count). The molecule has 1 amide bonds. The highest BCUT2D eigenvalue weighted by atomic mass is 32.2. The molecule has 2 aliphatic rings. The molecule has 0 aliphatic carbocycles. The molecular weight excluding hydrogens is 486 g/mol. The molecule has 2 aliphatic heterocycles. The minimum Gasteiger partial charge on any atom is -0.475 e. The molecule has 2 fully saturated rings. The third-order valence-corrected chi connectivity index (χ3v) is 6.31. The fraction of sp³-hybridized carbons (Fsp3) is 0.900. The average molecular weight is 526 g/mol. The summed E-state index contributed by atoms with van der Waals surface area (Å²) in [6.45, 7) is 0.700. The molecule has 10 nitrogen and oxygen atoms in total. The second-order valence-corrected chi connectivity index (χ2v) is 9.07. The molecule has 14 heteroatoms. The average Bonchev–Trinajstić information content (AvgIpc) is 3.14. The standard InChI is InChI=1S/C18H34N2O6S.C2HF3O2/c1-5-6-10-7-11(20(3)8-10)17(25)19-12(9(2)21)16-14(23)13(22)15(24)18(26-16)27-4;3-2(4,5)1(6)7/h9-16,18,21-24H,5-8H2,1-4H3,(H,19,25);(H,6,7)/t9-,10-,11+,12-,13+,14-,15-,16-,18-;/m1./s1/i3+1D3,11D;. The Morgan fingerprint density at radius 3 is 2.32 bits per heavy atom. The van der Waals surface area contributed by atoms with E-state index >= 15 is 0 Å². The number of thioether (sulfide) groups is 1. The van der Waals surface area contributed by atoms with Crippen LogP contribution in [0.15, 0.2) is 0 Å². The van der Waals surface area contributed by atoms with Crippen molar-refractivity contribution in [3.05, 3.63) is 0 Å². The van der Waals surface area contributed by atoms with E-state index in [0.29, 0.717) is 6.42 Å². The lowest BCUT2D eigenvalue weighted by atomic mass is 9.92. The lowest BCUT2D eigenvalue weighted by molar-refractivity contribution is -0.211. The first kappa shape index (κ1) is 24.5. The number of hydrogen-bond donors (Lipinski definition) is 6. The Balaban J connectivity index is 0.000000905. The summed E-state index contributed by atoms with van der Waals surface area (Å²) in [4.78, 5) is 23.0. The van der Waals surface area contributed by atoms with Gasteiger partial charge in [0.25, 0.3) is 0 Å². The summed E-state index contributed by atoms with van der Waals surface area (Å²) in [5, 5.41) is 50.5. The van der Waals surface area contributed by atoms with Crippen molar-refractivity contribution >= 4 is 23.6 Å². The monoisotopic (exact) mass is 525 g/mol. The normalized spacial score (nSPS) is 38.3. The third-order valence-electron chi connectivity index (χ3n) is 5.46. The maximum atomic E-state index is 13.2.